The van der Waals surface area contributed by atoms with Crippen molar-refractivity contribution in [2.45, 2.75) is 6.61 Å². The summed E-state index contributed by atoms with van der Waals surface area (Å²) in [4.78, 5) is 17.5. The van der Waals surface area contributed by atoms with E-state index in [9.17, 15) is 4.79 Å². The molecule has 158 valence electrons. The van der Waals surface area contributed by atoms with E-state index in [1.165, 1.54) is 16.9 Å². The minimum absolute atomic E-state index is 0.247. The topological polar surface area (TPSA) is 64.4 Å². The summed E-state index contributed by atoms with van der Waals surface area (Å²) in [6.45, 7) is 0.288. The van der Waals surface area contributed by atoms with Crippen LogP contribution in [0.4, 0.5) is 5.13 Å². The summed E-state index contributed by atoms with van der Waals surface area (Å²) in [6, 6.07) is 26.0. The van der Waals surface area contributed by atoms with E-state index >= 15 is 0 Å². The van der Waals surface area contributed by atoms with Gasteiger partial charge in [-0.3, -0.25) is 10.1 Å². The van der Waals surface area contributed by atoms with Crippen molar-refractivity contribution in [1.82, 2.24) is 4.98 Å². The summed E-state index contributed by atoms with van der Waals surface area (Å²) < 4.78 is 11.1. The number of ether oxygens (including phenoxy) is 1. The third-order valence-electron chi connectivity index (χ3n) is 5.21. The minimum atomic E-state index is -0.339. The fourth-order valence-electron chi connectivity index (χ4n) is 3.65. The Morgan fingerprint density at radius 1 is 0.938 bits per heavy atom. The molecule has 0 fully saturated rings. The van der Waals surface area contributed by atoms with Gasteiger partial charge in [-0.05, 0) is 17.2 Å². The molecule has 3 aromatic carbocycles. The lowest BCUT2D eigenvalue weighted by Crippen LogP contribution is -2.13. The van der Waals surface area contributed by atoms with Crippen LogP contribution in [0.15, 0.2) is 88.7 Å². The first-order chi connectivity index (χ1) is 15.7. The summed E-state index contributed by atoms with van der Waals surface area (Å²) in [5.41, 5.74) is 5.51. The molecule has 5 nitrogen and oxygen atoms in total. The average molecular weight is 441 g/mol. The Labute approximate surface area is 189 Å². The van der Waals surface area contributed by atoms with Gasteiger partial charge in [0.2, 0.25) is 0 Å². The third-order valence-corrected chi connectivity index (χ3v) is 5.96. The van der Waals surface area contributed by atoms with Crippen molar-refractivity contribution in [2.75, 3.05) is 12.4 Å². The molecule has 0 unspecified atom stereocenters. The van der Waals surface area contributed by atoms with Gasteiger partial charge in [0.05, 0.1) is 12.3 Å². The number of rotatable bonds is 6. The van der Waals surface area contributed by atoms with Gasteiger partial charge in [0.15, 0.2) is 10.9 Å². The molecule has 1 amide bonds. The lowest BCUT2D eigenvalue weighted by atomic mass is 10.0. The molecule has 32 heavy (non-hydrogen) atoms. The van der Waals surface area contributed by atoms with Crippen molar-refractivity contribution < 1.29 is 13.9 Å². The fraction of sp³-hybridized carbons (Fsp3) is 0.0769. The monoisotopic (exact) mass is 440 g/mol. The van der Waals surface area contributed by atoms with Crippen LogP contribution in [0.1, 0.15) is 16.1 Å². The Kier molecular flexibility index (Phi) is 5.54. The Morgan fingerprint density at radius 2 is 1.62 bits per heavy atom. The lowest BCUT2D eigenvalue weighted by molar-refractivity contribution is 0.0992. The number of benzene rings is 3. The summed E-state index contributed by atoms with van der Waals surface area (Å²) in [5, 5.41) is 6.18. The van der Waals surface area contributed by atoms with Gasteiger partial charge in [-0.1, -0.05) is 72.8 Å². The SMILES string of the molecule is COCc1c(C(=O)Nc2nc(-c3ccc(-c4ccccc4)cc3)cs2)oc2ccccc12. The smallest absolute Gasteiger partial charge is 0.293 e. The zero-order valence-electron chi connectivity index (χ0n) is 17.4. The number of carbonyl (C=O) groups is 1. The number of amides is 1. The number of furan rings is 1. The van der Waals surface area contributed by atoms with E-state index in [0.29, 0.717) is 10.7 Å². The van der Waals surface area contributed by atoms with Crippen LogP contribution in [0.3, 0.4) is 0 Å². The second-order valence-electron chi connectivity index (χ2n) is 7.27. The fourth-order valence-corrected chi connectivity index (χ4v) is 4.37. The van der Waals surface area contributed by atoms with Gasteiger partial charge in [0.1, 0.15) is 5.58 Å². The van der Waals surface area contributed by atoms with Crippen molar-refractivity contribution in [3.8, 4) is 22.4 Å². The Morgan fingerprint density at radius 3 is 2.41 bits per heavy atom. The highest BCUT2D eigenvalue weighted by molar-refractivity contribution is 7.14. The van der Waals surface area contributed by atoms with Gasteiger partial charge >= 0.3 is 0 Å². The predicted molar refractivity (Wildman–Crippen MR) is 128 cm³/mol. The predicted octanol–water partition coefficient (Wildman–Crippen LogP) is 6.62. The molecule has 0 aliphatic carbocycles. The van der Waals surface area contributed by atoms with E-state index in [-0.39, 0.29) is 18.3 Å². The van der Waals surface area contributed by atoms with Crippen LogP contribution in [-0.4, -0.2) is 18.0 Å². The van der Waals surface area contributed by atoms with E-state index in [2.05, 4.69) is 34.6 Å². The highest BCUT2D eigenvalue weighted by Crippen LogP contribution is 2.30. The van der Waals surface area contributed by atoms with Gasteiger partial charge in [0.25, 0.3) is 5.91 Å². The highest BCUT2D eigenvalue weighted by atomic mass is 32.1. The quantitative estimate of drug-likeness (QED) is 0.322. The minimum Gasteiger partial charge on any atom is -0.451 e. The van der Waals surface area contributed by atoms with E-state index < -0.39 is 0 Å². The molecule has 0 saturated carbocycles. The van der Waals surface area contributed by atoms with Crippen LogP contribution in [-0.2, 0) is 11.3 Å². The molecule has 0 saturated heterocycles. The summed E-state index contributed by atoms with van der Waals surface area (Å²) >= 11 is 1.38. The van der Waals surface area contributed by atoms with E-state index in [1.54, 1.807) is 7.11 Å². The number of hydrogen-bond acceptors (Lipinski definition) is 5. The van der Waals surface area contributed by atoms with Crippen LogP contribution in [0, 0.1) is 0 Å². The van der Waals surface area contributed by atoms with Gasteiger partial charge in [0, 0.05) is 29.0 Å². The number of methoxy groups -OCH3 is 1. The van der Waals surface area contributed by atoms with Crippen LogP contribution >= 0.6 is 11.3 Å². The average Bonchev–Trinajstić information content (AvgIpc) is 3.45. The Bertz CT molecular complexity index is 1370. The van der Waals surface area contributed by atoms with Crippen molar-refractivity contribution in [3.63, 3.8) is 0 Å². The lowest BCUT2D eigenvalue weighted by Gasteiger charge is -2.03. The first kappa shape index (κ1) is 20.2. The van der Waals surface area contributed by atoms with Crippen molar-refractivity contribution in [1.29, 1.82) is 0 Å². The largest absolute Gasteiger partial charge is 0.451 e. The normalized spacial score (nSPS) is 11.0. The molecule has 0 aliphatic rings. The Hall–Kier alpha value is -3.74. The first-order valence-corrected chi connectivity index (χ1v) is 11.0. The second kappa shape index (κ2) is 8.78. The molecular weight excluding hydrogens is 420 g/mol. The second-order valence-corrected chi connectivity index (χ2v) is 8.13. The van der Waals surface area contributed by atoms with Crippen LogP contribution in [0.2, 0.25) is 0 Å². The molecule has 0 atom stereocenters. The number of para-hydroxylation sites is 1. The van der Waals surface area contributed by atoms with Crippen LogP contribution in [0.25, 0.3) is 33.4 Å². The van der Waals surface area contributed by atoms with Crippen molar-refractivity contribution in [3.05, 3.63) is 95.6 Å². The molecule has 2 heterocycles. The van der Waals surface area contributed by atoms with E-state index in [4.69, 9.17) is 9.15 Å². The third kappa shape index (κ3) is 3.93. The zero-order chi connectivity index (χ0) is 21.9. The summed E-state index contributed by atoms with van der Waals surface area (Å²) in [7, 11) is 1.60. The molecule has 0 spiro atoms. The summed E-state index contributed by atoms with van der Waals surface area (Å²) in [6.07, 6.45) is 0. The molecule has 2 aromatic heterocycles. The number of aromatic nitrogens is 1. The number of thiazole rings is 1. The number of anilines is 1. The van der Waals surface area contributed by atoms with E-state index in [0.717, 1.165) is 27.8 Å². The zero-order valence-corrected chi connectivity index (χ0v) is 18.2. The van der Waals surface area contributed by atoms with Crippen LogP contribution < -0.4 is 5.32 Å². The maximum absolute atomic E-state index is 12.9. The Balaban J connectivity index is 1.36. The number of carbonyl (C=O) groups excluding carboxylic acids is 1. The van der Waals surface area contributed by atoms with Gasteiger partial charge < -0.3 is 9.15 Å². The molecule has 5 aromatic rings. The molecule has 5 rings (SSSR count). The number of fused-ring (bicyclic) bond motifs is 1. The van der Waals surface area contributed by atoms with Crippen molar-refractivity contribution >= 4 is 33.3 Å². The summed E-state index contributed by atoms with van der Waals surface area (Å²) in [5.74, 6) is -0.0920. The maximum atomic E-state index is 12.9. The number of nitrogens with zero attached hydrogens (tertiary/aromatic N) is 1. The van der Waals surface area contributed by atoms with Crippen molar-refractivity contribution in [2.24, 2.45) is 0 Å². The standard InChI is InChI=1S/C26H20N2O3S/c1-30-15-21-20-9-5-6-10-23(20)31-24(21)25(29)28-26-27-22(16-32-26)19-13-11-18(12-14-19)17-7-3-2-4-8-17/h2-14,16H,15H2,1H3,(H,27,28,29). The molecule has 0 bridgehead atoms. The molecule has 6 heteroatoms. The molecular formula is C26H20N2O3S. The molecule has 0 aliphatic heterocycles. The highest BCUT2D eigenvalue weighted by Gasteiger charge is 2.21. The number of hydrogen-bond donors (Lipinski definition) is 1. The molecule has 1 N–H and O–H groups in total. The van der Waals surface area contributed by atoms with E-state index in [1.807, 2.05) is 60.0 Å². The first-order valence-electron chi connectivity index (χ1n) is 10.1. The number of nitrogens with one attached hydrogen (secondary N) is 1. The van der Waals surface area contributed by atoms with Gasteiger partial charge in [-0.25, -0.2) is 4.98 Å². The van der Waals surface area contributed by atoms with Gasteiger partial charge in [-0.15, -0.1) is 11.3 Å². The molecule has 0 radical (unpaired) electrons. The maximum Gasteiger partial charge on any atom is 0.293 e. The van der Waals surface area contributed by atoms with Gasteiger partial charge in [-0.2, -0.15) is 0 Å². The van der Waals surface area contributed by atoms with Crippen LogP contribution in [0.5, 0.6) is 0 Å².